The molecule has 4 rings (SSSR count). The summed E-state index contributed by atoms with van der Waals surface area (Å²) in [4.78, 5) is 24.1. The molecule has 2 saturated heterocycles. The monoisotopic (exact) mass is 330 g/mol. The zero-order valence-corrected chi connectivity index (χ0v) is 13.6. The number of amides is 2. The second-order valence-electron chi connectivity index (χ2n) is 7.40. The number of hydroxylamine groups is 2. The lowest BCUT2D eigenvalue weighted by atomic mass is 9.71. The first-order chi connectivity index (χ1) is 11.5. The summed E-state index contributed by atoms with van der Waals surface area (Å²) in [6.07, 6.45) is 3.31. The quantitative estimate of drug-likeness (QED) is 0.644. The van der Waals surface area contributed by atoms with E-state index in [1.165, 1.54) is 5.56 Å². The minimum Gasteiger partial charge on any atom is -0.381 e. The van der Waals surface area contributed by atoms with Gasteiger partial charge in [-0.2, -0.15) is 0 Å². The smallest absolute Gasteiger partial charge is 0.277 e. The molecular weight excluding hydrogens is 308 g/mol. The van der Waals surface area contributed by atoms with E-state index in [0.29, 0.717) is 31.7 Å². The maximum atomic E-state index is 12.4. The second-order valence-corrected chi connectivity index (χ2v) is 7.40. The maximum Gasteiger partial charge on any atom is 0.277 e. The van der Waals surface area contributed by atoms with Crippen LogP contribution in [0.25, 0.3) is 0 Å². The van der Waals surface area contributed by atoms with Crippen molar-refractivity contribution < 1.29 is 19.5 Å². The fraction of sp³-hybridized carbons (Fsp3) is 0.556. The number of hydrogen-bond donors (Lipinski definition) is 2. The van der Waals surface area contributed by atoms with Gasteiger partial charge in [0.2, 0.25) is 5.91 Å². The topological polar surface area (TPSA) is 78.9 Å². The fourth-order valence-corrected chi connectivity index (χ4v) is 3.98. The van der Waals surface area contributed by atoms with Gasteiger partial charge in [-0.3, -0.25) is 14.8 Å². The Hall–Kier alpha value is -1.92. The number of nitrogens with zero attached hydrogens (tertiary/aromatic N) is 1. The summed E-state index contributed by atoms with van der Waals surface area (Å²) in [5, 5.41) is 13.8. The summed E-state index contributed by atoms with van der Waals surface area (Å²) in [6.45, 7) is 2.21. The molecule has 1 aromatic rings. The highest BCUT2D eigenvalue weighted by Gasteiger charge is 2.41. The third kappa shape index (κ3) is 2.80. The normalized spacial score (nSPS) is 26.0. The van der Waals surface area contributed by atoms with Gasteiger partial charge < -0.3 is 10.1 Å². The molecule has 24 heavy (non-hydrogen) atoms. The maximum absolute atomic E-state index is 12.4. The summed E-state index contributed by atoms with van der Waals surface area (Å²) in [6, 6.07) is 5.67. The van der Waals surface area contributed by atoms with E-state index in [-0.39, 0.29) is 23.1 Å². The molecule has 2 N–H and O–H groups in total. The summed E-state index contributed by atoms with van der Waals surface area (Å²) in [5.41, 5.74) is 2.87. The van der Waals surface area contributed by atoms with Crippen LogP contribution in [0.1, 0.15) is 34.3 Å². The van der Waals surface area contributed by atoms with Crippen LogP contribution in [0.4, 0.5) is 0 Å². The van der Waals surface area contributed by atoms with E-state index in [2.05, 4.69) is 5.32 Å². The van der Waals surface area contributed by atoms with Gasteiger partial charge in [0.15, 0.2) is 0 Å². The van der Waals surface area contributed by atoms with Crippen LogP contribution in [0, 0.1) is 11.3 Å². The molecule has 128 valence electrons. The van der Waals surface area contributed by atoms with Gasteiger partial charge in [-0.15, -0.1) is 0 Å². The molecule has 2 fully saturated rings. The number of aryl methyl sites for hydroxylation is 1. The predicted molar refractivity (Wildman–Crippen MR) is 85.7 cm³/mol. The molecule has 1 spiro atoms. The van der Waals surface area contributed by atoms with Crippen LogP contribution in [-0.4, -0.2) is 48.4 Å². The number of hydrogen-bond acceptors (Lipinski definition) is 4. The molecule has 0 unspecified atom stereocenters. The number of ether oxygens (including phenoxy) is 1. The SMILES string of the molecule is O=C1C[C@@]2(CCc3ccc(C(=O)N(O)CC4COC4)cc3C2)CN1. The van der Waals surface area contributed by atoms with E-state index in [9.17, 15) is 14.8 Å². The van der Waals surface area contributed by atoms with Gasteiger partial charge in [-0.25, -0.2) is 5.06 Å². The number of carbonyl (C=O) groups is 2. The second kappa shape index (κ2) is 5.86. The lowest BCUT2D eigenvalue weighted by Crippen LogP contribution is -2.40. The third-order valence-corrected chi connectivity index (χ3v) is 5.51. The summed E-state index contributed by atoms with van der Waals surface area (Å²) in [5.74, 6) is -0.0321. The largest absolute Gasteiger partial charge is 0.381 e. The molecule has 0 aromatic heterocycles. The molecule has 6 heteroatoms. The van der Waals surface area contributed by atoms with Crippen molar-refractivity contribution in [3.05, 3.63) is 34.9 Å². The van der Waals surface area contributed by atoms with E-state index in [0.717, 1.165) is 36.4 Å². The van der Waals surface area contributed by atoms with Crippen molar-refractivity contribution in [2.24, 2.45) is 11.3 Å². The standard InChI is InChI=1S/C18H22N2O4/c21-16-7-18(11-19-16)4-3-13-1-2-14(5-15(13)6-18)17(22)20(23)8-12-9-24-10-12/h1-2,5,12,23H,3-4,6-11H2,(H,19,21)/t18-/m0/s1. The van der Waals surface area contributed by atoms with Crippen LogP contribution < -0.4 is 5.32 Å². The van der Waals surface area contributed by atoms with Crippen molar-refractivity contribution in [2.75, 3.05) is 26.3 Å². The Bertz CT molecular complexity index is 686. The molecule has 6 nitrogen and oxygen atoms in total. The van der Waals surface area contributed by atoms with Crippen LogP contribution in [0.3, 0.4) is 0 Å². The molecule has 1 aliphatic carbocycles. The van der Waals surface area contributed by atoms with E-state index >= 15 is 0 Å². The lowest BCUT2D eigenvalue weighted by molar-refractivity contribution is -0.119. The van der Waals surface area contributed by atoms with Gasteiger partial charge in [-0.1, -0.05) is 6.07 Å². The molecule has 2 aliphatic heterocycles. The number of benzene rings is 1. The highest BCUT2D eigenvalue weighted by Crippen LogP contribution is 2.40. The molecule has 1 aromatic carbocycles. The van der Waals surface area contributed by atoms with Crippen molar-refractivity contribution in [3.8, 4) is 0 Å². The Morgan fingerprint density at radius 3 is 2.83 bits per heavy atom. The zero-order chi connectivity index (χ0) is 16.7. The number of fused-ring (bicyclic) bond motifs is 1. The molecule has 2 amide bonds. The van der Waals surface area contributed by atoms with E-state index in [1.54, 1.807) is 6.07 Å². The highest BCUT2D eigenvalue weighted by atomic mass is 16.5. The third-order valence-electron chi connectivity index (χ3n) is 5.51. The lowest BCUT2D eigenvalue weighted by Gasteiger charge is -2.33. The van der Waals surface area contributed by atoms with Gasteiger partial charge in [0.1, 0.15) is 0 Å². The Kier molecular flexibility index (Phi) is 3.81. The zero-order valence-electron chi connectivity index (χ0n) is 13.6. The van der Waals surface area contributed by atoms with Crippen LogP contribution in [-0.2, 0) is 22.4 Å². The average Bonchev–Trinajstić information content (AvgIpc) is 2.89. The minimum absolute atomic E-state index is 0.00603. The van der Waals surface area contributed by atoms with Gasteiger partial charge in [0, 0.05) is 29.9 Å². The van der Waals surface area contributed by atoms with Gasteiger partial charge in [0.25, 0.3) is 5.91 Å². The summed E-state index contributed by atoms with van der Waals surface area (Å²) >= 11 is 0. The van der Waals surface area contributed by atoms with E-state index in [4.69, 9.17) is 4.74 Å². The van der Waals surface area contributed by atoms with Crippen LogP contribution >= 0.6 is 0 Å². The number of nitrogens with one attached hydrogen (secondary N) is 1. The van der Waals surface area contributed by atoms with Crippen LogP contribution in [0.2, 0.25) is 0 Å². The minimum atomic E-state index is -0.370. The molecule has 0 bridgehead atoms. The Balaban J connectivity index is 1.51. The van der Waals surface area contributed by atoms with Crippen molar-refractivity contribution in [3.63, 3.8) is 0 Å². The molecule has 3 aliphatic rings. The van der Waals surface area contributed by atoms with Crippen molar-refractivity contribution in [1.82, 2.24) is 10.4 Å². The van der Waals surface area contributed by atoms with Gasteiger partial charge in [-0.05, 0) is 42.5 Å². The first-order valence-corrected chi connectivity index (χ1v) is 8.52. The summed E-state index contributed by atoms with van der Waals surface area (Å²) in [7, 11) is 0. The van der Waals surface area contributed by atoms with Crippen LogP contribution in [0.5, 0.6) is 0 Å². The number of carbonyl (C=O) groups excluding carboxylic acids is 2. The van der Waals surface area contributed by atoms with Crippen molar-refractivity contribution in [2.45, 2.75) is 25.7 Å². The Morgan fingerprint density at radius 1 is 1.33 bits per heavy atom. The first-order valence-electron chi connectivity index (χ1n) is 8.52. The number of rotatable bonds is 3. The van der Waals surface area contributed by atoms with E-state index in [1.807, 2.05) is 12.1 Å². The molecular formula is C18H22N2O4. The van der Waals surface area contributed by atoms with Gasteiger partial charge >= 0.3 is 0 Å². The molecule has 1 atom stereocenters. The van der Waals surface area contributed by atoms with Crippen molar-refractivity contribution >= 4 is 11.8 Å². The predicted octanol–water partition coefficient (Wildman–Crippen LogP) is 1.16. The highest BCUT2D eigenvalue weighted by molar-refractivity contribution is 5.93. The van der Waals surface area contributed by atoms with E-state index < -0.39 is 0 Å². The van der Waals surface area contributed by atoms with Crippen LogP contribution in [0.15, 0.2) is 18.2 Å². The Labute approximate surface area is 140 Å². The Morgan fingerprint density at radius 2 is 2.17 bits per heavy atom. The average molecular weight is 330 g/mol. The molecule has 2 heterocycles. The van der Waals surface area contributed by atoms with Crippen molar-refractivity contribution in [1.29, 1.82) is 0 Å². The summed E-state index contributed by atoms with van der Waals surface area (Å²) < 4.78 is 5.08. The molecule has 0 radical (unpaired) electrons. The van der Waals surface area contributed by atoms with Gasteiger partial charge in [0.05, 0.1) is 19.8 Å². The first kappa shape index (κ1) is 15.6. The molecule has 0 saturated carbocycles. The fourth-order valence-electron chi connectivity index (χ4n) is 3.98.